The maximum Gasteiger partial charge on any atom is 0.257 e. The minimum Gasteiger partial charge on any atom is -0.495 e. The van der Waals surface area contributed by atoms with Gasteiger partial charge in [0.2, 0.25) is 5.91 Å². The second kappa shape index (κ2) is 7.25. The van der Waals surface area contributed by atoms with E-state index in [1.807, 2.05) is 48.5 Å². The number of methoxy groups -OCH3 is 1. The molecule has 2 aromatic rings. The van der Waals surface area contributed by atoms with Gasteiger partial charge >= 0.3 is 0 Å². The number of nitrogens with one attached hydrogen (secondary N) is 3. The molecule has 1 fully saturated rings. The number of carbonyl (C=O) groups is 2. The summed E-state index contributed by atoms with van der Waals surface area (Å²) in [6, 6.07) is 17.0. The van der Waals surface area contributed by atoms with E-state index in [1.165, 1.54) is 0 Å². The zero-order valence-corrected chi connectivity index (χ0v) is 14.0. The first kappa shape index (κ1) is 16.8. The van der Waals surface area contributed by atoms with Gasteiger partial charge in [-0.2, -0.15) is 0 Å². The molecule has 0 unspecified atom stereocenters. The number of anilines is 1. The Balaban J connectivity index is 1.50. The summed E-state index contributed by atoms with van der Waals surface area (Å²) in [7, 11) is 1.57. The van der Waals surface area contributed by atoms with Crippen LogP contribution in [0.3, 0.4) is 0 Å². The summed E-state index contributed by atoms with van der Waals surface area (Å²) < 4.78 is 5.21. The smallest absolute Gasteiger partial charge is 0.257 e. The lowest BCUT2D eigenvalue weighted by molar-refractivity contribution is -0.129. The molecule has 3 rings (SSSR count). The molecule has 3 N–H and O–H groups in total. The fourth-order valence-electron chi connectivity index (χ4n) is 2.79. The molecule has 0 spiro atoms. The van der Waals surface area contributed by atoms with Crippen molar-refractivity contribution in [1.82, 2.24) is 10.9 Å². The third-order valence-electron chi connectivity index (χ3n) is 4.37. The molecule has 6 heteroatoms. The minimum atomic E-state index is -0.509. The number of hydrogen-bond acceptors (Lipinski definition) is 4. The van der Waals surface area contributed by atoms with Crippen LogP contribution in [-0.4, -0.2) is 25.5 Å². The van der Waals surface area contributed by atoms with Crippen LogP contribution in [0.5, 0.6) is 5.75 Å². The Bertz CT molecular complexity index is 758. The maximum absolute atomic E-state index is 12.4. The highest BCUT2D eigenvalue weighted by Gasteiger charge is 2.51. The van der Waals surface area contributed by atoms with E-state index in [1.54, 1.807) is 13.2 Å². The maximum atomic E-state index is 12.4. The van der Waals surface area contributed by atoms with Crippen LogP contribution < -0.4 is 20.9 Å². The van der Waals surface area contributed by atoms with E-state index in [2.05, 4.69) is 16.2 Å². The third kappa shape index (κ3) is 3.74. The molecule has 130 valence electrons. The van der Waals surface area contributed by atoms with E-state index in [0.717, 1.165) is 24.1 Å². The Morgan fingerprint density at radius 1 is 1.00 bits per heavy atom. The minimum absolute atomic E-state index is 0.0268. The van der Waals surface area contributed by atoms with Gasteiger partial charge in [0.05, 0.1) is 24.8 Å². The summed E-state index contributed by atoms with van der Waals surface area (Å²) >= 11 is 0. The van der Waals surface area contributed by atoms with Crippen molar-refractivity contribution in [3.8, 4) is 5.75 Å². The molecule has 2 aromatic carbocycles. The quantitative estimate of drug-likeness (QED) is 0.703. The topological polar surface area (TPSA) is 79.5 Å². The van der Waals surface area contributed by atoms with Crippen LogP contribution in [0.25, 0.3) is 0 Å². The van der Waals surface area contributed by atoms with Gasteiger partial charge in [0, 0.05) is 0 Å². The van der Waals surface area contributed by atoms with E-state index < -0.39 is 5.41 Å². The molecule has 1 aliphatic carbocycles. The SMILES string of the molecule is COc1ccccc1NCC(=O)NNC(=O)C1(c2ccccc2)CC1. The largest absolute Gasteiger partial charge is 0.495 e. The van der Waals surface area contributed by atoms with Crippen molar-refractivity contribution in [2.45, 2.75) is 18.3 Å². The zero-order valence-electron chi connectivity index (χ0n) is 14.0. The summed E-state index contributed by atoms with van der Waals surface area (Å²) in [4.78, 5) is 24.4. The molecule has 0 bridgehead atoms. The standard InChI is InChI=1S/C19H21N3O3/c1-25-16-10-6-5-9-15(16)20-13-17(23)21-22-18(24)19(11-12-19)14-7-3-2-4-8-14/h2-10,20H,11-13H2,1H3,(H,21,23)(H,22,24). The van der Waals surface area contributed by atoms with E-state index in [0.29, 0.717) is 5.75 Å². The predicted octanol–water partition coefficient (Wildman–Crippen LogP) is 1.99. The number of hydrogen-bond donors (Lipinski definition) is 3. The summed E-state index contributed by atoms with van der Waals surface area (Å²) in [5, 5.41) is 2.99. The third-order valence-corrected chi connectivity index (χ3v) is 4.37. The van der Waals surface area contributed by atoms with Gasteiger partial charge < -0.3 is 10.1 Å². The van der Waals surface area contributed by atoms with Crippen molar-refractivity contribution in [1.29, 1.82) is 0 Å². The van der Waals surface area contributed by atoms with Crippen LogP contribution in [0.4, 0.5) is 5.69 Å². The van der Waals surface area contributed by atoms with Gasteiger partial charge in [-0.3, -0.25) is 20.4 Å². The van der Waals surface area contributed by atoms with Gasteiger partial charge in [0.15, 0.2) is 0 Å². The fourth-order valence-corrected chi connectivity index (χ4v) is 2.79. The van der Waals surface area contributed by atoms with Gasteiger partial charge in [0.1, 0.15) is 5.75 Å². The van der Waals surface area contributed by atoms with Crippen LogP contribution in [0.15, 0.2) is 54.6 Å². The number of para-hydroxylation sites is 2. The number of benzene rings is 2. The second-order valence-electron chi connectivity index (χ2n) is 6.00. The lowest BCUT2D eigenvalue weighted by atomic mass is 9.95. The molecule has 0 aromatic heterocycles. The highest BCUT2D eigenvalue weighted by Crippen LogP contribution is 2.48. The molecular weight excluding hydrogens is 318 g/mol. The highest BCUT2D eigenvalue weighted by atomic mass is 16.5. The highest BCUT2D eigenvalue weighted by molar-refractivity contribution is 5.93. The van der Waals surface area contributed by atoms with Crippen LogP contribution in [-0.2, 0) is 15.0 Å². The fraction of sp³-hybridized carbons (Fsp3) is 0.263. The van der Waals surface area contributed by atoms with Crippen molar-refractivity contribution >= 4 is 17.5 Å². The first-order valence-corrected chi connectivity index (χ1v) is 8.17. The lowest BCUT2D eigenvalue weighted by Gasteiger charge is -2.16. The number of carbonyl (C=O) groups excluding carboxylic acids is 2. The van der Waals surface area contributed by atoms with Crippen molar-refractivity contribution < 1.29 is 14.3 Å². The molecule has 2 amide bonds. The molecule has 0 aliphatic heterocycles. The number of rotatable bonds is 6. The Morgan fingerprint density at radius 3 is 2.36 bits per heavy atom. The molecule has 25 heavy (non-hydrogen) atoms. The lowest BCUT2D eigenvalue weighted by Crippen LogP contribution is -2.48. The first-order chi connectivity index (χ1) is 12.2. The molecule has 6 nitrogen and oxygen atoms in total. The Labute approximate surface area is 146 Å². The van der Waals surface area contributed by atoms with Crippen LogP contribution in [0.1, 0.15) is 18.4 Å². The summed E-state index contributed by atoms with van der Waals surface area (Å²) in [6.45, 7) is 0.0268. The van der Waals surface area contributed by atoms with Crippen LogP contribution in [0.2, 0.25) is 0 Å². The van der Waals surface area contributed by atoms with Crippen molar-refractivity contribution in [2.24, 2.45) is 0 Å². The van der Waals surface area contributed by atoms with Crippen molar-refractivity contribution in [3.05, 3.63) is 60.2 Å². The number of amides is 2. The van der Waals surface area contributed by atoms with Gasteiger partial charge in [-0.25, -0.2) is 0 Å². The van der Waals surface area contributed by atoms with Gasteiger partial charge in [-0.05, 0) is 30.5 Å². The first-order valence-electron chi connectivity index (χ1n) is 8.17. The van der Waals surface area contributed by atoms with Gasteiger partial charge in [-0.15, -0.1) is 0 Å². The average molecular weight is 339 g/mol. The molecule has 0 atom stereocenters. The Morgan fingerprint density at radius 2 is 1.68 bits per heavy atom. The Kier molecular flexibility index (Phi) is 4.88. The Hall–Kier alpha value is -3.02. The number of hydrazine groups is 1. The molecule has 0 radical (unpaired) electrons. The molecule has 1 saturated carbocycles. The normalized spacial score (nSPS) is 14.3. The number of ether oxygens (including phenoxy) is 1. The summed E-state index contributed by atoms with van der Waals surface area (Å²) in [5.74, 6) is 0.146. The molecular formula is C19H21N3O3. The summed E-state index contributed by atoms with van der Waals surface area (Å²) in [6.07, 6.45) is 1.58. The van der Waals surface area contributed by atoms with Gasteiger partial charge in [-0.1, -0.05) is 42.5 Å². The van der Waals surface area contributed by atoms with Crippen LogP contribution in [0, 0.1) is 0 Å². The predicted molar refractivity (Wildman–Crippen MR) is 95.1 cm³/mol. The molecule has 0 heterocycles. The average Bonchev–Trinajstić information content (AvgIpc) is 3.47. The summed E-state index contributed by atoms with van der Waals surface area (Å²) in [5.41, 5.74) is 6.19. The van der Waals surface area contributed by atoms with Crippen molar-refractivity contribution in [3.63, 3.8) is 0 Å². The zero-order chi connectivity index (χ0) is 17.7. The van der Waals surface area contributed by atoms with E-state index >= 15 is 0 Å². The monoisotopic (exact) mass is 339 g/mol. The molecule has 0 saturated heterocycles. The van der Waals surface area contributed by atoms with E-state index in [4.69, 9.17) is 4.74 Å². The van der Waals surface area contributed by atoms with Crippen molar-refractivity contribution in [2.75, 3.05) is 19.0 Å². The van der Waals surface area contributed by atoms with Crippen LogP contribution >= 0.6 is 0 Å². The van der Waals surface area contributed by atoms with E-state index in [9.17, 15) is 9.59 Å². The van der Waals surface area contributed by atoms with E-state index in [-0.39, 0.29) is 18.4 Å². The van der Waals surface area contributed by atoms with Gasteiger partial charge in [0.25, 0.3) is 5.91 Å². The molecule has 1 aliphatic rings. The second-order valence-corrected chi connectivity index (χ2v) is 6.00.